The molecule has 0 spiro atoms. The van der Waals surface area contributed by atoms with Crippen LogP contribution in [0.3, 0.4) is 0 Å². The lowest BCUT2D eigenvalue weighted by Gasteiger charge is -2.13. The molecular formula is C20H22N2O3S2. The molecule has 0 amide bonds. The topological polar surface area (TPSA) is 68.3 Å². The van der Waals surface area contributed by atoms with Crippen molar-refractivity contribution in [2.45, 2.75) is 32.2 Å². The number of methoxy groups -OCH3 is 1. The van der Waals surface area contributed by atoms with Gasteiger partial charge >= 0.3 is 0 Å². The van der Waals surface area contributed by atoms with Gasteiger partial charge in [0.2, 0.25) is 10.0 Å². The average Bonchev–Trinajstić information content (AvgIpc) is 3.03. The highest BCUT2D eigenvalue weighted by Gasteiger charge is 2.21. The maximum atomic E-state index is 12.8. The SMILES string of the molecule is COc1cc(C)c(C)cc1S(=O)(=O)NCc1sc(-c2ccccc2)nc1C. The molecule has 3 aromatic rings. The average molecular weight is 403 g/mol. The van der Waals surface area contributed by atoms with Crippen molar-refractivity contribution in [3.63, 3.8) is 0 Å². The predicted octanol–water partition coefficient (Wildman–Crippen LogP) is 4.22. The number of nitrogens with zero attached hydrogens (tertiary/aromatic N) is 1. The molecule has 0 unspecified atom stereocenters. The molecular weight excluding hydrogens is 380 g/mol. The number of rotatable bonds is 6. The summed E-state index contributed by atoms with van der Waals surface area (Å²) in [6.45, 7) is 5.89. The Hall–Kier alpha value is -2.22. The molecule has 2 aromatic carbocycles. The minimum absolute atomic E-state index is 0.151. The van der Waals surface area contributed by atoms with E-state index < -0.39 is 10.0 Å². The Kier molecular flexibility index (Phi) is 5.64. The van der Waals surface area contributed by atoms with E-state index in [1.807, 2.05) is 51.1 Å². The molecule has 0 aliphatic heterocycles. The van der Waals surface area contributed by atoms with Gasteiger partial charge in [-0.25, -0.2) is 18.1 Å². The van der Waals surface area contributed by atoms with Gasteiger partial charge < -0.3 is 4.74 Å². The molecule has 1 aromatic heterocycles. The van der Waals surface area contributed by atoms with Gasteiger partial charge in [-0.2, -0.15) is 0 Å². The third-order valence-corrected chi connectivity index (χ3v) is 7.03. The molecule has 142 valence electrons. The summed E-state index contributed by atoms with van der Waals surface area (Å²) in [4.78, 5) is 5.61. The largest absolute Gasteiger partial charge is 0.495 e. The highest BCUT2D eigenvalue weighted by atomic mass is 32.2. The van der Waals surface area contributed by atoms with Gasteiger partial charge in [-0.05, 0) is 44.0 Å². The van der Waals surface area contributed by atoms with Gasteiger partial charge in [0.05, 0.1) is 12.8 Å². The van der Waals surface area contributed by atoms with Crippen molar-refractivity contribution in [1.82, 2.24) is 9.71 Å². The monoisotopic (exact) mass is 402 g/mol. The first-order chi connectivity index (χ1) is 12.8. The van der Waals surface area contributed by atoms with E-state index in [4.69, 9.17) is 4.74 Å². The molecule has 0 bridgehead atoms. The van der Waals surface area contributed by atoms with Crippen LogP contribution in [0.25, 0.3) is 10.6 Å². The summed E-state index contributed by atoms with van der Waals surface area (Å²) in [5.74, 6) is 0.344. The minimum atomic E-state index is -3.71. The molecule has 27 heavy (non-hydrogen) atoms. The third-order valence-electron chi connectivity index (χ3n) is 4.41. The molecule has 0 aliphatic carbocycles. The van der Waals surface area contributed by atoms with Crippen LogP contribution in [0.15, 0.2) is 47.4 Å². The van der Waals surface area contributed by atoms with Crippen LogP contribution >= 0.6 is 11.3 Å². The first-order valence-corrected chi connectivity index (χ1v) is 10.8. The summed E-state index contributed by atoms with van der Waals surface area (Å²) in [6, 6.07) is 13.2. The number of sulfonamides is 1. The van der Waals surface area contributed by atoms with Crippen molar-refractivity contribution < 1.29 is 13.2 Å². The molecule has 0 fully saturated rings. The number of hydrogen-bond donors (Lipinski definition) is 1. The lowest BCUT2D eigenvalue weighted by Crippen LogP contribution is -2.24. The van der Waals surface area contributed by atoms with E-state index in [1.165, 1.54) is 18.4 Å². The Labute approximate surface area is 164 Å². The lowest BCUT2D eigenvalue weighted by atomic mass is 10.1. The molecule has 3 rings (SSSR count). The van der Waals surface area contributed by atoms with E-state index in [-0.39, 0.29) is 11.4 Å². The maximum Gasteiger partial charge on any atom is 0.244 e. The van der Waals surface area contributed by atoms with Crippen molar-refractivity contribution in [2.75, 3.05) is 7.11 Å². The van der Waals surface area contributed by atoms with Crippen molar-refractivity contribution >= 4 is 21.4 Å². The standard InChI is InChI=1S/C20H22N2O3S2/c1-13-10-17(25-4)19(11-14(13)2)27(23,24)21-12-18-15(3)22-20(26-18)16-8-6-5-7-9-16/h5-11,21H,12H2,1-4H3. The summed E-state index contributed by atoms with van der Waals surface area (Å²) in [5, 5.41) is 0.881. The van der Waals surface area contributed by atoms with Crippen molar-refractivity contribution in [3.8, 4) is 16.3 Å². The molecule has 7 heteroatoms. The molecule has 0 radical (unpaired) electrons. The summed E-state index contributed by atoms with van der Waals surface area (Å²) in [6.07, 6.45) is 0. The number of aryl methyl sites for hydroxylation is 3. The van der Waals surface area contributed by atoms with Crippen molar-refractivity contribution in [3.05, 3.63) is 64.2 Å². The van der Waals surface area contributed by atoms with Crippen LogP contribution in [0.4, 0.5) is 0 Å². The maximum absolute atomic E-state index is 12.8. The Balaban J connectivity index is 1.85. The zero-order valence-electron chi connectivity index (χ0n) is 15.7. The number of benzene rings is 2. The van der Waals surface area contributed by atoms with Crippen LogP contribution in [0.5, 0.6) is 5.75 Å². The Bertz CT molecular complexity index is 1060. The van der Waals surface area contributed by atoms with Gasteiger partial charge in [-0.15, -0.1) is 11.3 Å². The second-order valence-electron chi connectivity index (χ2n) is 6.31. The quantitative estimate of drug-likeness (QED) is 0.670. The highest BCUT2D eigenvalue weighted by Crippen LogP contribution is 2.30. The fourth-order valence-corrected chi connectivity index (χ4v) is 5.00. The zero-order chi connectivity index (χ0) is 19.6. The lowest BCUT2D eigenvalue weighted by molar-refractivity contribution is 0.402. The molecule has 1 heterocycles. The molecule has 0 saturated carbocycles. The zero-order valence-corrected chi connectivity index (χ0v) is 17.4. The summed E-state index contributed by atoms with van der Waals surface area (Å²) in [7, 11) is -2.23. The van der Waals surface area contributed by atoms with Gasteiger partial charge in [0, 0.05) is 17.0 Å². The highest BCUT2D eigenvalue weighted by molar-refractivity contribution is 7.89. The normalized spacial score (nSPS) is 11.6. The molecule has 0 saturated heterocycles. The fourth-order valence-electron chi connectivity index (χ4n) is 2.67. The van der Waals surface area contributed by atoms with Crippen LogP contribution in [0.2, 0.25) is 0 Å². The van der Waals surface area contributed by atoms with Crippen LogP contribution < -0.4 is 9.46 Å². The van der Waals surface area contributed by atoms with E-state index in [0.717, 1.165) is 32.3 Å². The van der Waals surface area contributed by atoms with Gasteiger partial charge in [-0.1, -0.05) is 30.3 Å². The number of ether oxygens (including phenoxy) is 1. The Morgan fingerprint density at radius 3 is 2.41 bits per heavy atom. The first-order valence-electron chi connectivity index (χ1n) is 8.48. The Morgan fingerprint density at radius 1 is 1.07 bits per heavy atom. The molecule has 5 nitrogen and oxygen atoms in total. The second kappa shape index (κ2) is 7.80. The van der Waals surface area contributed by atoms with Gasteiger partial charge in [0.25, 0.3) is 0 Å². The summed E-state index contributed by atoms with van der Waals surface area (Å²) in [5.41, 5.74) is 3.73. The number of aromatic nitrogens is 1. The minimum Gasteiger partial charge on any atom is -0.495 e. The summed E-state index contributed by atoms with van der Waals surface area (Å²) >= 11 is 1.49. The van der Waals surface area contributed by atoms with E-state index in [1.54, 1.807) is 12.1 Å². The molecule has 0 atom stereocenters. The molecule has 0 aliphatic rings. The van der Waals surface area contributed by atoms with Gasteiger partial charge in [0.15, 0.2) is 0 Å². The predicted molar refractivity (Wildman–Crippen MR) is 109 cm³/mol. The summed E-state index contributed by atoms with van der Waals surface area (Å²) < 4.78 is 33.6. The third kappa shape index (κ3) is 4.21. The van der Waals surface area contributed by atoms with Crippen LogP contribution in [-0.4, -0.2) is 20.5 Å². The van der Waals surface area contributed by atoms with Crippen LogP contribution in [0, 0.1) is 20.8 Å². The van der Waals surface area contributed by atoms with Crippen molar-refractivity contribution in [1.29, 1.82) is 0 Å². The fraction of sp³-hybridized carbons (Fsp3) is 0.250. The second-order valence-corrected chi connectivity index (χ2v) is 9.12. The number of hydrogen-bond acceptors (Lipinski definition) is 5. The van der Waals surface area contributed by atoms with Crippen molar-refractivity contribution in [2.24, 2.45) is 0 Å². The van der Waals surface area contributed by atoms with E-state index >= 15 is 0 Å². The number of thiazole rings is 1. The van der Waals surface area contributed by atoms with Gasteiger partial charge in [-0.3, -0.25) is 0 Å². The van der Waals surface area contributed by atoms with Crippen LogP contribution in [0.1, 0.15) is 21.7 Å². The van der Waals surface area contributed by atoms with E-state index in [9.17, 15) is 8.42 Å². The number of nitrogens with one attached hydrogen (secondary N) is 1. The molecule has 1 N–H and O–H groups in total. The smallest absolute Gasteiger partial charge is 0.244 e. The van der Waals surface area contributed by atoms with E-state index in [2.05, 4.69) is 9.71 Å². The van der Waals surface area contributed by atoms with E-state index in [0.29, 0.717) is 5.75 Å². The van der Waals surface area contributed by atoms with Crippen LogP contribution in [-0.2, 0) is 16.6 Å². The Morgan fingerprint density at radius 2 is 1.74 bits per heavy atom. The first kappa shape index (κ1) is 19.5. The van der Waals surface area contributed by atoms with Gasteiger partial charge in [0.1, 0.15) is 15.7 Å².